The van der Waals surface area contributed by atoms with Crippen molar-refractivity contribution >= 4 is 5.91 Å². The van der Waals surface area contributed by atoms with Gasteiger partial charge in [-0.2, -0.15) is 0 Å². The fourth-order valence-electron chi connectivity index (χ4n) is 1.93. The minimum Gasteiger partial charge on any atom is -0.341 e. The Morgan fingerprint density at radius 3 is 2.53 bits per heavy atom. The van der Waals surface area contributed by atoms with Gasteiger partial charge in [0.05, 0.1) is 0 Å². The molecule has 0 saturated carbocycles. The van der Waals surface area contributed by atoms with E-state index in [1.165, 1.54) is 0 Å². The van der Waals surface area contributed by atoms with E-state index in [9.17, 15) is 4.79 Å². The summed E-state index contributed by atoms with van der Waals surface area (Å²) in [5.74, 6) is 0.160. The number of hydrogen-bond donors (Lipinski definition) is 0. The number of carbonyl (C=O) groups excluding carboxylic acids is 1. The van der Waals surface area contributed by atoms with Crippen LogP contribution in [0.4, 0.5) is 0 Å². The molecule has 0 aliphatic rings. The highest BCUT2D eigenvalue weighted by atomic mass is 16.2. The molecule has 0 bridgehead atoms. The van der Waals surface area contributed by atoms with Crippen LogP contribution >= 0.6 is 0 Å². The smallest absolute Gasteiger partial charge is 0.222 e. The molecule has 2 aromatic rings. The lowest BCUT2D eigenvalue weighted by Gasteiger charge is -2.17. The van der Waals surface area contributed by atoms with E-state index in [2.05, 4.69) is 4.98 Å². The number of carbonyl (C=O) groups is 1. The second kappa shape index (κ2) is 6.69. The number of aryl methyl sites for hydroxylation is 1. The van der Waals surface area contributed by atoms with Crippen LogP contribution in [-0.4, -0.2) is 22.8 Å². The van der Waals surface area contributed by atoms with Gasteiger partial charge >= 0.3 is 0 Å². The van der Waals surface area contributed by atoms with E-state index in [4.69, 9.17) is 0 Å². The highest BCUT2D eigenvalue weighted by Crippen LogP contribution is 2.06. The molecule has 3 heteroatoms. The minimum atomic E-state index is 0.160. The number of pyridine rings is 1. The van der Waals surface area contributed by atoms with E-state index in [-0.39, 0.29) is 5.91 Å². The molecule has 3 nitrogen and oxygen atoms in total. The molecule has 0 saturated heterocycles. The Hall–Kier alpha value is -2.16. The topological polar surface area (TPSA) is 33.2 Å². The zero-order valence-corrected chi connectivity index (χ0v) is 11.1. The number of amides is 1. The molecule has 0 spiro atoms. The first-order valence-corrected chi connectivity index (χ1v) is 6.42. The van der Waals surface area contributed by atoms with E-state index in [0.29, 0.717) is 13.0 Å². The van der Waals surface area contributed by atoms with E-state index >= 15 is 0 Å². The van der Waals surface area contributed by atoms with Crippen LogP contribution in [0.1, 0.15) is 17.5 Å². The van der Waals surface area contributed by atoms with Gasteiger partial charge in [0.25, 0.3) is 0 Å². The average Bonchev–Trinajstić information content (AvgIpc) is 2.47. The second-order valence-electron chi connectivity index (χ2n) is 4.60. The van der Waals surface area contributed by atoms with Crippen LogP contribution in [-0.2, 0) is 17.8 Å². The summed E-state index contributed by atoms with van der Waals surface area (Å²) in [6.45, 7) is 0.659. The molecule has 0 atom stereocenters. The van der Waals surface area contributed by atoms with E-state index < -0.39 is 0 Å². The van der Waals surface area contributed by atoms with Crippen molar-refractivity contribution in [3.05, 3.63) is 66.0 Å². The maximum absolute atomic E-state index is 12.0. The lowest BCUT2D eigenvalue weighted by atomic mass is 10.1. The normalized spacial score (nSPS) is 10.2. The maximum atomic E-state index is 12.0. The summed E-state index contributed by atoms with van der Waals surface area (Å²) in [5.41, 5.74) is 2.25. The van der Waals surface area contributed by atoms with Gasteiger partial charge in [-0.3, -0.25) is 9.78 Å². The van der Waals surface area contributed by atoms with Gasteiger partial charge < -0.3 is 4.90 Å². The standard InChI is InChI=1S/C16H18N2O/c1-18(13-15-6-3-2-4-7-15)16(19)10-9-14-8-5-11-17-12-14/h2-8,11-12H,9-10,13H2,1H3. The fourth-order valence-corrected chi connectivity index (χ4v) is 1.93. The SMILES string of the molecule is CN(Cc1ccccc1)C(=O)CCc1cccnc1. The Labute approximate surface area is 113 Å². The van der Waals surface area contributed by atoms with Crippen LogP contribution < -0.4 is 0 Å². The second-order valence-corrected chi connectivity index (χ2v) is 4.60. The highest BCUT2D eigenvalue weighted by molar-refractivity contribution is 5.76. The Bertz CT molecular complexity index is 511. The molecule has 0 fully saturated rings. The number of aromatic nitrogens is 1. The van der Waals surface area contributed by atoms with Crippen molar-refractivity contribution < 1.29 is 4.79 Å². The summed E-state index contributed by atoms with van der Waals surface area (Å²) >= 11 is 0. The molecule has 19 heavy (non-hydrogen) atoms. The number of rotatable bonds is 5. The number of benzene rings is 1. The summed E-state index contributed by atoms with van der Waals surface area (Å²) in [7, 11) is 1.85. The van der Waals surface area contributed by atoms with Gasteiger partial charge in [0, 0.05) is 32.4 Å². The largest absolute Gasteiger partial charge is 0.341 e. The summed E-state index contributed by atoms with van der Waals surface area (Å²) in [6.07, 6.45) is 4.82. The Balaban J connectivity index is 1.83. The Morgan fingerprint density at radius 2 is 1.84 bits per heavy atom. The predicted molar refractivity (Wildman–Crippen MR) is 75.5 cm³/mol. The summed E-state index contributed by atoms with van der Waals surface area (Å²) in [4.78, 5) is 17.8. The van der Waals surface area contributed by atoms with Crippen molar-refractivity contribution in [1.82, 2.24) is 9.88 Å². The summed E-state index contributed by atoms with van der Waals surface area (Å²) < 4.78 is 0. The van der Waals surface area contributed by atoms with E-state index in [1.807, 2.05) is 55.7 Å². The van der Waals surface area contributed by atoms with E-state index in [0.717, 1.165) is 17.5 Å². The van der Waals surface area contributed by atoms with Crippen LogP contribution in [0.15, 0.2) is 54.9 Å². The van der Waals surface area contributed by atoms with Crippen LogP contribution in [0.3, 0.4) is 0 Å². The van der Waals surface area contributed by atoms with Crippen molar-refractivity contribution in [3.63, 3.8) is 0 Å². The number of hydrogen-bond acceptors (Lipinski definition) is 2. The zero-order valence-electron chi connectivity index (χ0n) is 11.1. The highest BCUT2D eigenvalue weighted by Gasteiger charge is 2.09. The van der Waals surface area contributed by atoms with Crippen LogP contribution in [0.25, 0.3) is 0 Å². The third-order valence-electron chi connectivity index (χ3n) is 3.04. The van der Waals surface area contributed by atoms with Gasteiger partial charge in [-0.15, -0.1) is 0 Å². The molecule has 0 aliphatic carbocycles. The van der Waals surface area contributed by atoms with Gasteiger partial charge in [0.1, 0.15) is 0 Å². The summed E-state index contributed by atoms with van der Waals surface area (Å²) in [6, 6.07) is 13.9. The molecule has 0 unspecified atom stereocenters. The summed E-state index contributed by atoms with van der Waals surface area (Å²) in [5, 5.41) is 0. The van der Waals surface area contributed by atoms with Crippen LogP contribution in [0, 0.1) is 0 Å². The molecule has 2 rings (SSSR count). The molecule has 0 N–H and O–H groups in total. The van der Waals surface area contributed by atoms with Gasteiger partial charge in [0.15, 0.2) is 0 Å². The Kier molecular flexibility index (Phi) is 4.67. The molecule has 1 amide bonds. The monoisotopic (exact) mass is 254 g/mol. The van der Waals surface area contributed by atoms with Gasteiger partial charge in [0.2, 0.25) is 5.91 Å². The van der Waals surface area contributed by atoms with Gasteiger partial charge in [-0.25, -0.2) is 0 Å². The molecular formula is C16H18N2O. The molecular weight excluding hydrogens is 236 g/mol. The lowest BCUT2D eigenvalue weighted by Crippen LogP contribution is -2.26. The Morgan fingerprint density at radius 1 is 1.11 bits per heavy atom. The first-order chi connectivity index (χ1) is 9.25. The van der Waals surface area contributed by atoms with Crippen LogP contribution in [0.2, 0.25) is 0 Å². The third-order valence-corrected chi connectivity index (χ3v) is 3.04. The molecule has 1 aromatic heterocycles. The predicted octanol–water partition coefficient (Wildman–Crippen LogP) is 2.67. The molecule has 1 aromatic carbocycles. The molecule has 1 heterocycles. The molecule has 98 valence electrons. The number of nitrogens with zero attached hydrogens (tertiary/aromatic N) is 2. The van der Waals surface area contributed by atoms with Crippen molar-refractivity contribution in [2.45, 2.75) is 19.4 Å². The quantitative estimate of drug-likeness (QED) is 0.822. The first-order valence-electron chi connectivity index (χ1n) is 6.42. The zero-order chi connectivity index (χ0) is 13.5. The van der Waals surface area contributed by atoms with E-state index in [1.54, 1.807) is 11.1 Å². The van der Waals surface area contributed by atoms with Crippen molar-refractivity contribution in [2.75, 3.05) is 7.05 Å². The molecule has 0 radical (unpaired) electrons. The average molecular weight is 254 g/mol. The molecule has 0 aliphatic heterocycles. The van der Waals surface area contributed by atoms with Crippen LogP contribution in [0.5, 0.6) is 0 Å². The van der Waals surface area contributed by atoms with Crippen molar-refractivity contribution in [1.29, 1.82) is 0 Å². The third kappa shape index (κ3) is 4.21. The minimum absolute atomic E-state index is 0.160. The van der Waals surface area contributed by atoms with Crippen molar-refractivity contribution in [2.24, 2.45) is 0 Å². The van der Waals surface area contributed by atoms with Gasteiger partial charge in [-0.1, -0.05) is 36.4 Å². The maximum Gasteiger partial charge on any atom is 0.222 e. The van der Waals surface area contributed by atoms with Gasteiger partial charge in [-0.05, 0) is 23.6 Å². The van der Waals surface area contributed by atoms with Crippen molar-refractivity contribution in [3.8, 4) is 0 Å². The fraction of sp³-hybridized carbons (Fsp3) is 0.250. The lowest BCUT2D eigenvalue weighted by molar-refractivity contribution is -0.130. The first kappa shape index (κ1) is 13.3.